The minimum absolute atomic E-state index is 0.161. The summed E-state index contributed by atoms with van der Waals surface area (Å²) in [5.41, 5.74) is 1.13. The standard InChI is InChI=1S/C30H30BrN3O4/c1-3-37-30(36)19(2)38-27-16-13-20-9-7-8-12-23(20)25(27)18-32-34-28(21-10-5-4-6-11-21)33-26-15-14-22(31)17-24(26)29(34)35/h7-9,12-19,21H,3-6,10-11H2,1-2H3/t19-/m0/s1. The van der Waals surface area contributed by atoms with Crippen LogP contribution in [0.2, 0.25) is 0 Å². The summed E-state index contributed by atoms with van der Waals surface area (Å²) < 4.78 is 13.4. The first-order valence-electron chi connectivity index (χ1n) is 13.1. The third kappa shape index (κ3) is 5.36. The highest BCUT2D eigenvalue weighted by Crippen LogP contribution is 2.32. The molecule has 0 bridgehead atoms. The number of ether oxygens (including phenoxy) is 2. The van der Waals surface area contributed by atoms with Gasteiger partial charge in [0.05, 0.1) is 23.7 Å². The van der Waals surface area contributed by atoms with Crippen molar-refractivity contribution in [1.29, 1.82) is 0 Å². The number of nitrogens with zero attached hydrogens (tertiary/aromatic N) is 3. The molecule has 4 aromatic rings. The number of hydrogen-bond donors (Lipinski definition) is 0. The van der Waals surface area contributed by atoms with Crippen LogP contribution in [-0.2, 0) is 9.53 Å². The monoisotopic (exact) mass is 575 g/mol. The summed E-state index contributed by atoms with van der Waals surface area (Å²) in [6.07, 6.45) is 6.20. The van der Waals surface area contributed by atoms with Gasteiger partial charge in [0.2, 0.25) is 0 Å². The maximum Gasteiger partial charge on any atom is 0.347 e. The van der Waals surface area contributed by atoms with Crippen LogP contribution in [0.1, 0.15) is 63.3 Å². The SMILES string of the molecule is CCOC(=O)[C@H](C)Oc1ccc2ccccc2c1C=Nn1c(C2CCCCC2)nc2ccc(Br)cc2c1=O. The van der Waals surface area contributed by atoms with E-state index in [1.807, 2.05) is 48.5 Å². The minimum Gasteiger partial charge on any atom is -0.478 e. The van der Waals surface area contributed by atoms with Gasteiger partial charge >= 0.3 is 5.97 Å². The molecule has 0 unspecified atom stereocenters. The van der Waals surface area contributed by atoms with Gasteiger partial charge in [-0.05, 0) is 61.7 Å². The normalized spacial score (nSPS) is 15.2. The van der Waals surface area contributed by atoms with Crippen molar-refractivity contribution in [2.45, 2.75) is 58.0 Å². The Morgan fingerprint density at radius 3 is 2.71 bits per heavy atom. The Kier molecular flexibility index (Phi) is 7.88. The second-order valence-corrected chi connectivity index (χ2v) is 10.5. The summed E-state index contributed by atoms with van der Waals surface area (Å²) >= 11 is 3.48. The second kappa shape index (κ2) is 11.5. The van der Waals surface area contributed by atoms with Gasteiger partial charge in [-0.3, -0.25) is 4.79 Å². The van der Waals surface area contributed by atoms with Gasteiger partial charge in [0.1, 0.15) is 11.6 Å². The van der Waals surface area contributed by atoms with Crippen LogP contribution < -0.4 is 10.3 Å². The smallest absolute Gasteiger partial charge is 0.347 e. The molecule has 1 aliphatic rings. The maximum absolute atomic E-state index is 13.7. The topological polar surface area (TPSA) is 82.8 Å². The summed E-state index contributed by atoms with van der Waals surface area (Å²) in [5.74, 6) is 0.887. The first-order valence-corrected chi connectivity index (χ1v) is 13.9. The summed E-state index contributed by atoms with van der Waals surface area (Å²) in [6, 6.07) is 17.2. The zero-order valence-corrected chi connectivity index (χ0v) is 23.1. The zero-order chi connectivity index (χ0) is 26.6. The van der Waals surface area contributed by atoms with Gasteiger partial charge in [0.25, 0.3) is 5.56 Å². The van der Waals surface area contributed by atoms with Crippen molar-refractivity contribution in [3.05, 3.63) is 80.8 Å². The van der Waals surface area contributed by atoms with E-state index in [0.717, 1.165) is 40.9 Å². The Morgan fingerprint density at radius 2 is 1.92 bits per heavy atom. The van der Waals surface area contributed by atoms with Crippen LogP contribution in [0, 0.1) is 0 Å². The first kappa shape index (κ1) is 26.1. The fraction of sp³-hybridized carbons (Fsp3) is 0.333. The third-order valence-corrected chi connectivity index (χ3v) is 7.45. The minimum atomic E-state index is -0.802. The van der Waals surface area contributed by atoms with Crippen molar-refractivity contribution in [3.8, 4) is 5.75 Å². The fourth-order valence-corrected chi connectivity index (χ4v) is 5.39. The molecule has 1 aliphatic carbocycles. The molecule has 0 N–H and O–H groups in total. The zero-order valence-electron chi connectivity index (χ0n) is 21.5. The van der Waals surface area contributed by atoms with Gasteiger partial charge < -0.3 is 9.47 Å². The number of esters is 1. The number of carbonyl (C=O) groups excluding carboxylic acids is 1. The van der Waals surface area contributed by atoms with Crippen LogP contribution in [0.25, 0.3) is 21.7 Å². The number of aromatic nitrogens is 2. The Bertz CT molecular complexity index is 1570. The molecule has 0 aliphatic heterocycles. The molecule has 7 nitrogen and oxygen atoms in total. The third-order valence-electron chi connectivity index (χ3n) is 6.96. The van der Waals surface area contributed by atoms with E-state index < -0.39 is 12.1 Å². The molecule has 0 amide bonds. The van der Waals surface area contributed by atoms with Gasteiger partial charge in [-0.25, -0.2) is 9.78 Å². The molecular weight excluding hydrogens is 546 g/mol. The second-order valence-electron chi connectivity index (χ2n) is 9.54. The highest BCUT2D eigenvalue weighted by atomic mass is 79.9. The predicted octanol–water partition coefficient (Wildman–Crippen LogP) is 6.57. The predicted molar refractivity (Wildman–Crippen MR) is 153 cm³/mol. The van der Waals surface area contributed by atoms with E-state index >= 15 is 0 Å². The molecule has 0 saturated heterocycles. The van der Waals surface area contributed by atoms with Crippen LogP contribution in [0.3, 0.4) is 0 Å². The lowest BCUT2D eigenvalue weighted by Crippen LogP contribution is -2.27. The van der Waals surface area contributed by atoms with Gasteiger partial charge in [0.15, 0.2) is 6.10 Å². The molecule has 1 atom stereocenters. The maximum atomic E-state index is 13.7. The summed E-state index contributed by atoms with van der Waals surface area (Å²) in [4.78, 5) is 31.0. The quantitative estimate of drug-likeness (QED) is 0.184. The largest absolute Gasteiger partial charge is 0.478 e. The van der Waals surface area contributed by atoms with Crippen molar-refractivity contribution in [1.82, 2.24) is 9.66 Å². The van der Waals surface area contributed by atoms with E-state index in [9.17, 15) is 9.59 Å². The Hall–Kier alpha value is -3.52. The van der Waals surface area contributed by atoms with Crippen LogP contribution in [0.5, 0.6) is 5.75 Å². The van der Waals surface area contributed by atoms with Crippen LogP contribution >= 0.6 is 15.9 Å². The Morgan fingerprint density at radius 1 is 1.13 bits per heavy atom. The first-order chi connectivity index (χ1) is 18.5. The number of rotatable bonds is 7. The van der Waals surface area contributed by atoms with E-state index in [1.165, 1.54) is 11.1 Å². The van der Waals surface area contributed by atoms with Gasteiger partial charge in [-0.1, -0.05) is 65.5 Å². The van der Waals surface area contributed by atoms with Gasteiger partial charge in [-0.15, -0.1) is 0 Å². The number of fused-ring (bicyclic) bond motifs is 2. The average Bonchev–Trinajstić information content (AvgIpc) is 2.94. The number of benzene rings is 3. The van der Waals surface area contributed by atoms with E-state index in [2.05, 4.69) is 15.9 Å². The van der Waals surface area contributed by atoms with Crippen molar-refractivity contribution in [3.63, 3.8) is 0 Å². The lowest BCUT2D eigenvalue weighted by Gasteiger charge is -2.23. The molecule has 8 heteroatoms. The molecule has 3 aromatic carbocycles. The van der Waals surface area contributed by atoms with E-state index in [0.29, 0.717) is 28.0 Å². The van der Waals surface area contributed by atoms with Crippen LogP contribution in [-0.4, -0.2) is 34.6 Å². The fourth-order valence-electron chi connectivity index (χ4n) is 5.03. The number of carbonyl (C=O) groups is 1. The van der Waals surface area contributed by atoms with E-state index in [4.69, 9.17) is 19.6 Å². The molecule has 1 fully saturated rings. The summed E-state index contributed by atoms with van der Waals surface area (Å²) in [7, 11) is 0. The molecular formula is C30H30BrN3O4. The Balaban J connectivity index is 1.65. The number of hydrogen-bond acceptors (Lipinski definition) is 6. The lowest BCUT2D eigenvalue weighted by atomic mass is 9.88. The molecule has 38 heavy (non-hydrogen) atoms. The summed E-state index contributed by atoms with van der Waals surface area (Å²) in [6.45, 7) is 3.69. The van der Waals surface area contributed by atoms with Crippen LogP contribution in [0.4, 0.5) is 0 Å². The highest BCUT2D eigenvalue weighted by Gasteiger charge is 2.23. The summed E-state index contributed by atoms with van der Waals surface area (Å²) in [5, 5.41) is 7.12. The van der Waals surface area contributed by atoms with Crippen molar-refractivity contribution in [2.75, 3.05) is 6.61 Å². The molecule has 5 rings (SSSR count). The average molecular weight is 576 g/mol. The van der Waals surface area contributed by atoms with Gasteiger partial charge in [0, 0.05) is 16.0 Å². The van der Waals surface area contributed by atoms with Crippen molar-refractivity contribution >= 4 is 49.8 Å². The molecule has 196 valence electrons. The molecule has 1 saturated carbocycles. The number of halogens is 1. The van der Waals surface area contributed by atoms with Crippen LogP contribution in [0.15, 0.2) is 69.0 Å². The van der Waals surface area contributed by atoms with E-state index in [1.54, 1.807) is 26.1 Å². The molecule has 0 radical (unpaired) electrons. The van der Waals surface area contributed by atoms with Gasteiger partial charge in [-0.2, -0.15) is 9.78 Å². The van der Waals surface area contributed by atoms with E-state index in [-0.39, 0.29) is 18.1 Å². The molecule has 0 spiro atoms. The molecule has 1 heterocycles. The Labute approximate surface area is 229 Å². The highest BCUT2D eigenvalue weighted by molar-refractivity contribution is 9.10. The molecule has 1 aromatic heterocycles. The van der Waals surface area contributed by atoms with Crippen molar-refractivity contribution < 1.29 is 14.3 Å². The lowest BCUT2D eigenvalue weighted by molar-refractivity contribution is -0.150. The van der Waals surface area contributed by atoms with Crippen molar-refractivity contribution in [2.24, 2.45) is 5.10 Å².